The second kappa shape index (κ2) is 19.4. The molecule has 0 saturated carbocycles. The molecule has 1 N–H and O–H groups in total. The standard InChI is InChI=1S/C23H42O4/c1-3-4-5-6-7-8-9-10-11-12-13-14-15-16-17-18-21(2)27-23(26)20-19-22(24)25/h19-21H,3-18H2,1-2H3,(H,24,25). The highest BCUT2D eigenvalue weighted by Crippen LogP contribution is 2.14. The van der Waals surface area contributed by atoms with E-state index in [9.17, 15) is 9.59 Å². The highest BCUT2D eigenvalue weighted by Gasteiger charge is 2.06. The Kier molecular flexibility index (Phi) is 18.5. The Bertz CT molecular complexity index is 390. The van der Waals surface area contributed by atoms with Crippen LogP contribution in [0.3, 0.4) is 0 Å². The molecule has 0 aliphatic carbocycles. The van der Waals surface area contributed by atoms with Gasteiger partial charge in [-0.3, -0.25) is 0 Å². The number of carboxylic acid groups (broad SMARTS) is 1. The molecule has 0 aliphatic heterocycles. The van der Waals surface area contributed by atoms with Gasteiger partial charge in [-0.2, -0.15) is 0 Å². The summed E-state index contributed by atoms with van der Waals surface area (Å²) in [6.07, 6.45) is 22.5. The van der Waals surface area contributed by atoms with Crippen LogP contribution in [0.25, 0.3) is 0 Å². The van der Waals surface area contributed by atoms with Gasteiger partial charge in [0.2, 0.25) is 0 Å². The van der Waals surface area contributed by atoms with E-state index >= 15 is 0 Å². The van der Waals surface area contributed by atoms with Crippen LogP contribution >= 0.6 is 0 Å². The van der Waals surface area contributed by atoms with E-state index in [-0.39, 0.29) is 6.10 Å². The summed E-state index contributed by atoms with van der Waals surface area (Å²) in [6.45, 7) is 4.12. The minimum absolute atomic E-state index is 0.155. The maximum atomic E-state index is 11.3. The monoisotopic (exact) mass is 382 g/mol. The van der Waals surface area contributed by atoms with Gasteiger partial charge >= 0.3 is 11.9 Å². The fourth-order valence-electron chi connectivity index (χ4n) is 3.24. The van der Waals surface area contributed by atoms with Gasteiger partial charge in [-0.25, -0.2) is 9.59 Å². The van der Waals surface area contributed by atoms with Gasteiger partial charge in [0, 0.05) is 12.2 Å². The van der Waals surface area contributed by atoms with E-state index in [0.717, 1.165) is 25.0 Å². The van der Waals surface area contributed by atoms with E-state index in [1.807, 2.05) is 6.92 Å². The van der Waals surface area contributed by atoms with Crippen LogP contribution in [0.5, 0.6) is 0 Å². The van der Waals surface area contributed by atoms with Crippen LogP contribution in [0.1, 0.15) is 117 Å². The van der Waals surface area contributed by atoms with Crippen molar-refractivity contribution in [2.24, 2.45) is 0 Å². The summed E-state index contributed by atoms with van der Waals surface area (Å²) in [7, 11) is 0. The molecule has 0 amide bonds. The van der Waals surface area contributed by atoms with E-state index in [1.54, 1.807) is 0 Å². The van der Waals surface area contributed by atoms with Gasteiger partial charge in [-0.1, -0.05) is 96.8 Å². The molecule has 0 aliphatic rings. The molecule has 0 aromatic carbocycles. The number of hydrogen-bond acceptors (Lipinski definition) is 3. The minimum atomic E-state index is -1.14. The number of carboxylic acids is 1. The van der Waals surface area contributed by atoms with Gasteiger partial charge in [-0.05, 0) is 19.8 Å². The number of hydrogen-bond donors (Lipinski definition) is 1. The van der Waals surface area contributed by atoms with Crippen LogP contribution in [-0.2, 0) is 14.3 Å². The summed E-state index contributed by atoms with van der Waals surface area (Å²) in [4.78, 5) is 21.7. The van der Waals surface area contributed by atoms with Gasteiger partial charge in [0.25, 0.3) is 0 Å². The van der Waals surface area contributed by atoms with Crippen molar-refractivity contribution in [3.63, 3.8) is 0 Å². The zero-order valence-corrected chi connectivity index (χ0v) is 17.7. The Balaban J connectivity index is 3.28. The molecule has 0 radical (unpaired) electrons. The molecule has 0 heterocycles. The van der Waals surface area contributed by atoms with Crippen LogP contribution < -0.4 is 0 Å². The Labute approximate surface area is 166 Å². The molecule has 1 unspecified atom stereocenters. The zero-order valence-electron chi connectivity index (χ0n) is 17.7. The Hall–Kier alpha value is -1.32. The largest absolute Gasteiger partial charge is 0.478 e. The number of unbranched alkanes of at least 4 members (excludes halogenated alkanes) is 14. The van der Waals surface area contributed by atoms with Crippen molar-refractivity contribution in [2.75, 3.05) is 0 Å². The lowest BCUT2D eigenvalue weighted by atomic mass is 10.0. The van der Waals surface area contributed by atoms with Crippen LogP contribution in [0.15, 0.2) is 12.2 Å². The number of rotatable bonds is 19. The summed E-state index contributed by atoms with van der Waals surface area (Å²) in [6, 6.07) is 0. The lowest BCUT2D eigenvalue weighted by Gasteiger charge is -2.11. The van der Waals surface area contributed by atoms with E-state index in [4.69, 9.17) is 9.84 Å². The van der Waals surface area contributed by atoms with Crippen LogP contribution in [-0.4, -0.2) is 23.1 Å². The number of esters is 1. The quantitative estimate of drug-likeness (QED) is 0.151. The summed E-state index contributed by atoms with van der Waals surface area (Å²) in [5.74, 6) is -1.71. The Morgan fingerprint density at radius 3 is 1.56 bits per heavy atom. The molecule has 0 saturated heterocycles. The Morgan fingerprint density at radius 2 is 1.15 bits per heavy atom. The normalized spacial score (nSPS) is 12.4. The van der Waals surface area contributed by atoms with Crippen molar-refractivity contribution >= 4 is 11.9 Å². The average molecular weight is 383 g/mol. The number of aliphatic carboxylic acids is 1. The molecule has 0 rings (SSSR count). The second-order valence-corrected chi connectivity index (χ2v) is 7.66. The van der Waals surface area contributed by atoms with Gasteiger partial charge in [-0.15, -0.1) is 0 Å². The first-order valence-electron chi connectivity index (χ1n) is 11.2. The van der Waals surface area contributed by atoms with Crippen LogP contribution in [0, 0.1) is 0 Å². The number of carbonyl (C=O) groups is 2. The first-order chi connectivity index (χ1) is 13.1. The molecular weight excluding hydrogens is 340 g/mol. The van der Waals surface area contributed by atoms with Crippen molar-refractivity contribution in [3.05, 3.63) is 12.2 Å². The summed E-state index contributed by atoms with van der Waals surface area (Å²) in [5, 5.41) is 8.45. The highest BCUT2D eigenvalue weighted by molar-refractivity contribution is 5.90. The molecule has 0 aromatic rings. The van der Waals surface area contributed by atoms with Gasteiger partial charge in [0.15, 0.2) is 0 Å². The molecular formula is C23H42O4. The fourth-order valence-corrected chi connectivity index (χ4v) is 3.24. The summed E-state index contributed by atoms with van der Waals surface area (Å²) >= 11 is 0. The smallest absolute Gasteiger partial charge is 0.331 e. The van der Waals surface area contributed by atoms with Crippen molar-refractivity contribution < 1.29 is 19.4 Å². The molecule has 0 spiro atoms. The second-order valence-electron chi connectivity index (χ2n) is 7.66. The minimum Gasteiger partial charge on any atom is -0.478 e. The van der Waals surface area contributed by atoms with E-state index < -0.39 is 11.9 Å². The number of carbonyl (C=O) groups excluding carboxylic acids is 1. The van der Waals surface area contributed by atoms with Gasteiger partial charge in [0.1, 0.15) is 0 Å². The molecule has 0 aromatic heterocycles. The molecule has 27 heavy (non-hydrogen) atoms. The zero-order chi connectivity index (χ0) is 20.2. The molecule has 4 heteroatoms. The van der Waals surface area contributed by atoms with Crippen molar-refractivity contribution in [1.82, 2.24) is 0 Å². The van der Waals surface area contributed by atoms with E-state index in [1.165, 1.54) is 89.9 Å². The average Bonchev–Trinajstić information content (AvgIpc) is 2.63. The van der Waals surface area contributed by atoms with Gasteiger partial charge in [0.05, 0.1) is 6.10 Å². The third-order valence-corrected chi connectivity index (χ3v) is 4.89. The van der Waals surface area contributed by atoms with Crippen molar-refractivity contribution in [3.8, 4) is 0 Å². The Morgan fingerprint density at radius 1 is 0.741 bits per heavy atom. The first kappa shape index (κ1) is 25.7. The summed E-state index contributed by atoms with van der Waals surface area (Å²) in [5.41, 5.74) is 0. The van der Waals surface area contributed by atoms with Gasteiger partial charge < -0.3 is 9.84 Å². The maximum Gasteiger partial charge on any atom is 0.331 e. The highest BCUT2D eigenvalue weighted by atomic mass is 16.5. The van der Waals surface area contributed by atoms with Crippen LogP contribution in [0.2, 0.25) is 0 Å². The summed E-state index contributed by atoms with van der Waals surface area (Å²) < 4.78 is 5.13. The lowest BCUT2D eigenvalue weighted by Crippen LogP contribution is -2.13. The predicted molar refractivity (Wildman–Crippen MR) is 112 cm³/mol. The molecule has 158 valence electrons. The predicted octanol–water partition coefficient (Wildman–Crippen LogP) is 6.82. The van der Waals surface area contributed by atoms with Crippen molar-refractivity contribution in [1.29, 1.82) is 0 Å². The molecule has 1 atom stereocenters. The number of ether oxygens (including phenoxy) is 1. The third-order valence-electron chi connectivity index (χ3n) is 4.89. The lowest BCUT2D eigenvalue weighted by molar-refractivity contribution is -0.143. The first-order valence-corrected chi connectivity index (χ1v) is 11.2. The van der Waals surface area contributed by atoms with E-state index in [2.05, 4.69) is 6.92 Å². The SMILES string of the molecule is CCCCCCCCCCCCCCCCCC(C)OC(=O)C=CC(=O)O. The third kappa shape index (κ3) is 20.8. The topological polar surface area (TPSA) is 63.6 Å². The van der Waals surface area contributed by atoms with Crippen LogP contribution in [0.4, 0.5) is 0 Å². The maximum absolute atomic E-state index is 11.3. The fraction of sp³-hybridized carbons (Fsp3) is 0.826. The van der Waals surface area contributed by atoms with E-state index in [0.29, 0.717) is 0 Å². The molecule has 0 bridgehead atoms. The molecule has 4 nitrogen and oxygen atoms in total. The molecule has 0 fully saturated rings. The van der Waals surface area contributed by atoms with Crippen molar-refractivity contribution in [2.45, 2.75) is 123 Å².